The van der Waals surface area contributed by atoms with E-state index in [2.05, 4.69) is 15.9 Å². The number of alkyl halides is 4. The Labute approximate surface area is 98.8 Å². The highest BCUT2D eigenvalue weighted by molar-refractivity contribution is 9.08. The lowest BCUT2D eigenvalue weighted by molar-refractivity contribution is -0.137. The minimum Gasteiger partial charge on any atom is -0.166 e. The van der Waals surface area contributed by atoms with E-state index in [1.165, 1.54) is 6.07 Å². The SMILES string of the molecule is FC(F)(F)c1cccc(CBr)c1.[MgH2]. The van der Waals surface area contributed by atoms with E-state index >= 15 is 0 Å². The molecule has 0 saturated carbocycles. The van der Waals surface area contributed by atoms with Gasteiger partial charge in [0, 0.05) is 5.33 Å². The maximum Gasteiger partial charge on any atom is 0.416 e. The highest BCUT2D eigenvalue weighted by atomic mass is 79.9. The molecule has 0 bridgehead atoms. The van der Waals surface area contributed by atoms with Crippen LogP contribution in [0, 0.1) is 0 Å². The van der Waals surface area contributed by atoms with Crippen LogP contribution in [0.1, 0.15) is 11.1 Å². The van der Waals surface area contributed by atoms with E-state index in [0.29, 0.717) is 10.9 Å². The molecule has 0 saturated heterocycles. The maximum atomic E-state index is 12.1. The molecule has 0 aliphatic carbocycles. The molecule has 0 aliphatic heterocycles. The molecule has 0 N–H and O–H groups in total. The standard InChI is InChI=1S/C8H6BrF3.Mg.2H/c9-5-6-2-1-3-7(4-6)8(10,11)12;;;/h1-4H,5H2;;;. The lowest BCUT2D eigenvalue weighted by atomic mass is 10.1. The van der Waals surface area contributed by atoms with Crippen LogP contribution in [0.4, 0.5) is 13.2 Å². The molecule has 0 spiro atoms. The van der Waals surface area contributed by atoms with Crippen molar-refractivity contribution in [2.24, 2.45) is 0 Å². The molecule has 0 heterocycles. The first-order valence-electron chi connectivity index (χ1n) is 3.26. The summed E-state index contributed by atoms with van der Waals surface area (Å²) in [7, 11) is 0. The summed E-state index contributed by atoms with van der Waals surface area (Å²) in [6.45, 7) is 0. The van der Waals surface area contributed by atoms with Crippen LogP contribution < -0.4 is 0 Å². The first-order chi connectivity index (χ1) is 5.54. The average molecular weight is 265 g/mol. The fourth-order valence-electron chi connectivity index (χ4n) is 0.831. The van der Waals surface area contributed by atoms with Crippen LogP contribution in [0.2, 0.25) is 0 Å². The summed E-state index contributed by atoms with van der Waals surface area (Å²) in [4.78, 5) is 0. The quantitative estimate of drug-likeness (QED) is 0.541. The predicted octanol–water partition coefficient (Wildman–Crippen LogP) is 2.68. The molecule has 0 unspecified atom stereocenters. The second-order valence-electron chi connectivity index (χ2n) is 2.33. The minimum absolute atomic E-state index is 0. The smallest absolute Gasteiger partial charge is 0.166 e. The van der Waals surface area contributed by atoms with Gasteiger partial charge in [0.2, 0.25) is 0 Å². The van der Waals surface area contributed by atoms with Gasteiger partial charge >= 0.3 is 29.2 Å². The molecule has 0 amide bonds. The van der Waals surface area contributed by atoms with Crippen LogP contribution >= 0.6 is 15.9 Å². The highest BCUT2D eigenvalue weighted by Gasteiger charge is 2.30. The summed E-state index contributed by atoms with van der Waals surface area (Å²) in [5.41, 5.74) is 0.0317. The van der Waals surface area contributed by atoms with Crippen LogP contribution in [0.25, 0.3) is 0 Å². The Morgan fingerprint density at radius 1 is 1.23 bits per heavy atom. The first-order valence-corrected chi connectivity index (χ1v) is 4.38. The number of benzene rings is 1. The topological polar surface area (TPSA) is 0 Å². The van der Waals surface area contributed by atoms with E-state index in [1.54, 1.807) is 6.07 Å². The van der Waals surface area contributed by atoms with Gasteiger partial charge in [-0.2, -0.15) is 13.2 Å². The fraction of sp³-hybridized carbons (Fsp3) is 0.250. The van der Waals surface area contributed by atoms with Gasteiger partial charge in [0.1, 0.15) is 0 Å². The van der Waals surface area contributed by atoms with Gasteiger partial charge in [0.25, 0.3) is 0 Å². The Morgan fingerprint density at radius 3 is 2.31 bits per heavy atom. The zero-order valence-corrected chi connectivity index (χ0v) is 7.61. The molecule has 0 fully saturated rings. The fourth-order valence-corrected chi connectivity index (χ4v) is 1.18. The second kappa shape index (κ2) is 5.21. The summed E-state index contributed by atoms with van der Waals surface area (Å²) < 4.78 is 36.3. The number of hydrogen-bond donors (Lipinski definition) is 0. The van der Waals surface area contributed by atoms with Crippen LogP contribution in [0.3, 0.4) is 0 Å². The summed E-state index contributed by atoms with van der Waals surface area (Å²) in [6, 6.07) is 5.24. The number of halogens is 4. The Balaban J connectivity index is 0.00000144. The van der Waals surface area contributed by atoms with Gasteiger partial charge in [0.15, 0.2) is 0 Å². The van der Waals surface area contributed by atoms with Crippen molar-refractivity contribution in [2.75, 3.05) is 0 Å². The van der Waals surface area contributed by atoms with Gasteiger partial charge in [-0.15, -0.1) is 0 Å². The third-order valence-corrected chi connectivity index (χ3v) is 2.06. The number of hydrogen-bond acceptors (Lipinski definition) is 0. The zero-order valence-electron chi connectivity index (χ0n) is 6.03. The van der Waals surface area contributed by atoms with Gasteiger partial charge in [-0.25, -0.2) is 0 Å². The lowest BCUT2D eigenvalue weighted by Gasteiger charge is -2.06. The average Bonchev–Trinajstić information content (AvgIpc) is 2.03. The molecule has 13 heavy (non-hydrogen) atoms. The van der Waals surface area contributed by atoms with Crippen molar-refractivity contribution in [3.63, 3.8) is 0 Å². The first kappa shape index (κ1) is 13.3. The van der Waals surface area contributed by atoms with Gasteiger partial charge in [-0.1, -0.05) is 34.1 Å². The predicted molar refractivity (Wildman–Crippen MR) is 52.6 cm³/mol. The Kier molecular flexibility index (Phi) is 5.32. The van der Waals surface area contributed by atoms with E-state index in [1.807, 2.05) is 0 Å². The third-order valence-electron chi connectivity index (χ3n) is 1.41. The van der Waals surface area contributed by atoms with Crippen molar-refractivity contribution >= 4 is 39.0 Å². The molecule has 0 aliphatic rings. The molecule has 0 aromatic heterocycles. The van der Waals surface area contributed by atoms with Crippen molar-refractivity contribution in [3.8, 4) is 0 Å². The van der Waals surface area contributed by atoms with Crippen molar-refractivity contribution in [1.82, 2.24) is 0 Å². The van der Waals surface area contributed by atoms with Crippen LogP contribution in [-0.4, -0.2) is 23.1 Å². The molecule has 0 atom stereocenters. The van der Waals surface area contributed by atoms with Crippen molar-refractivity contribution < 1.29 is 13.2 Å². The van der Waals surface area contributed by atoms with Gasteiger partial charge in [-0.3, -0.25) is 0 Å². The molecule has 1 rings (SSSR count). The van der Waals surface area contributed by atoms with Crippen LogP contribution in [0.15, 0.2) is 24.3 Å². The molecule has 70 valence electrons. The largest absolute Gasteiger partial charge is 0.416 e. The lowest BCUT2D eigenvalue weighted by Crippen LogP contribution is -2.04. The van der Waals surface area contributed by atoms with Gasteiger partial charge in [0.05, 0.1) is 5.56 Å². The highest BCUT2D eigenvalue weighted by Crippen LogP contribution is 2.29. The van der Waals surface area contributed by atoms with Crippen LogP contribution in [-0.2, 0) is 11.5 Å². The normalized spacial score (nSPS) is 10.8. The van der Waals surface area contributed by atoms with Gasteiger partial charge in [-0.05, 0) is 11.6 Å². The molecular formula is C8H8BrF3Mg. The molecule has 1 aromatic carbocycles. The van der Waals surface area contributed by atoms with E-state index in [-0.39, 0.29) is 23.1 Å². The van der Waals surface area contributed by atoms with Crippen LogP contribution in [0.5, 0.6) is 0 Å². The van der Waals surface area contributed by atoms with Crippen molar-refractivity contribution in [3.05, 3.63) is 35.4 Å². The summed E-state index contributed by atoms with van der Waals surface area (Å²) in [5, 5.41) is 0.441. The van der Waals surface area contributed by atoms with E-state index in [4.69, 9.17) is 0 Å². The minimum atomic E-state index is -4.24. The second-order valence-corrected chi connectivity index (χ2v) is 2.89. The van der Waals surface area contributed by atoms with Gasteiger partial charge < -0.3 is 0 Å². The molecule has 5 heteroatoms. The third kappa shape index (κ3) is 3.87. The molecular weight excluding hydrogens is 257 g/mol. The molecule has 0 radical (unpaired) electrons. The number of rotatable bonds is 1. The Morgan fingerprint density at radius 2 is 1.85 bits per heavy atom. The van der Waals surface area contributed by atoms with E-state index in [0.717, 1.165) is 12.1 Å². The van der Waals surface area contributed by atoms with E-state index < -0.39 is 11.7 Å². The van der Waals surface area contributed by atoms with Crippen molar-refractivity contribution in [2.45, 2.75) is 11.5 Å². The maximum absolute atomic E-state index is 12.1. The summed E-state index contributed by atoms with van der Waals surface area (Å²) in [5.74, 6) is 0. The Hall–Kier alpha value is 0.256. The van der Waals surface area contributed by atoms with Crippen molar-refractivity contribution in [1.29, 1.82) is 0 Å². The molecule has 0 nitrogen and oxygen atoms in total. The summed E-state index contributed by atoms with van der Waals surface area (Å²) in [6.07, 6.45) is -4.24. The molecule has 1 aromatic rings. The summed E-state index contributed by atoms with van der Waals surface area (Å²) >= 11 is 3.09. The Bertz CT molecular complexity index is 272. The zero-order chi connectivity index (χ0) is 9.19. The van der Waals surface area contributed by atoms with E-state index in [9.17, 15) is 13.2 Å². The monoisotopic (exact) mass is 264 g/mol.